The van der Waals surface area contributed by atoms with Crippen molar-refractivity contribution < 1.29 is 0 Å². The molecule has 92 valence electrons. The van der Waals surface area contributed by atoms with E-state index in [-0.39, 0.29) is 6.04 Å². The maximum Gasteiger partial charge on any atom is 0.101 e. The minimum atomic E-state index is 0.218. The number of rotatable bonds is 3. The molecular weight excluding hydrogens is 264 g/mol. The summed E-state index contributed by atoms with van der Waals surface area (Å²) in [5.41, 5.74) is 1.51. The van der Waals surface area contributed by atoms with Crippen LogP contribution in [0.2, 0.25) is 5.02 Å². The van der Waals surface area contributed by atoms with Gasteiger partial charge in [-0.25, -0.2) is 0 Å². The van der Waals surface area contributed by atoms with Gasteiger partial charge in [0.2, 0.25) is 0 Å². The van der Waals surface area contributed by atoms with Crippen molar-refractivity contribution in [2.24, 2.45) is 0 Å². The first kappa shape index (κ1) is 12.9. The number of benzene rings is 1. The van der Waals surface area contributed by atoms with Crippen molar-refractivity contribution in [3.8, 4) is 6.07 Å². The van der Waals surface area contributed by atoms with Crippen molar-refractivity contribution in [3.05, 3.63) is 51.2 Å². The van der Waals surface area contributed by atoms with Crippen LogP contribution in [0.15, 0.2) is 35.7 Å². The summed E-state index contributed by atoms with van der Waals surface area (Å²) in [5.74, 6) is 0. The van der Waals surface area contributed by atoms with Gasteiger partial charge >= 0.3 is 0 Å². The third-order valence-electron chi connectivity index (χ3n) is 3.00. The van der Waals surface area contributed by atoms with E-state index < -0.39 is 0 Å². The predicted octanol–water partition coefficient (Wildman–Crippen LogP) is 4.47. The Hall–Kier alpha value is -1.50. The summed E-state index contributed by atoms with van der Waals surface area (Å²) in [7, 11) is 1.98. The van der Waals surface area contributed by atoms with Crippen LogP contribution in [0.4, 0.5) is 5.69 Å². The van der Waals surface area contributed by atoms with Crippen molar-refractivity contribution >= 4 is 28.6 Å². The monoisotopic (exact) mass is 276 g/mol. The summed E-state index contributed by atoms with van der Waals surface area (Å²) in [6, 6.07) is 11.9. The highest BCUT2D eigenvalue weighted by molar-refractivity contribution is 7.10. The van der Waals surface area contributed by atoms with Crippen LogP contribution < -0.4 is 4.90 Å². The van der Waals surface area contributed by atoms with Crippen LogP contribution >= 0.6 is 22.9 Å². The third kappa shape index (κ3) is 2.50. The van der Waals surface area contributed by atoms with Crippen molar-refractivity contribution in [3.63, 3.8) is 0 Å². The fourth-order valence-electron chi connectivity index (χ4n) is 1.82. The lowest BCUT2D eigenvalue weighted by Crippen LogP contribution is -2.21. The molecule has 0 aliphatic carbocycles. The molecule has 0 spiro atoms. The number of anilines is 1. The summed E-state index contributed by atoms with van der Waals surface area (Å²) in [4.78, 5) is 3.34. The van der Waals surface area contributed by atoms with Gasteiger partial charge in [-0.2, -0.15) is 5.26 Å². The number of thiophene rings is 1. The molecule has 1 unspecified atom stereocenters. The van der Waals surface area contributed by atoms with Crippen molar-refractivity contribution in [1.82, 2.24) is 0 Å². The molecule has 0 saturated carbocycles. The molecule has 0 N–H and O–H groups in total. The van der Waals surface area contributed by atoms with E-state index in [0.29, 0.717) is 10.6 Å². The fraction of sp³-hybridized carbons (Fsp3) is 0.214. The zero-order valence-electron chi connectivity index (χ0n) is 10.2. The van der Waals surface area contributed by atoms with Crippen molar-refractivity contribution in [2.75, 3.05) is 11.9 Å². The Labute approximate surface area is 116 Å². The molecule has 0 amide bonds. The quantitative estimate of drug-likeness (QED) is 0.827. The second-order valence-electron chi connectivity index (χ2n) is 4.08. The van der Waals surface area contributed by atoms with Gasteiger partial charge in [0.1, 0.15) is 6.07 Å². The summed E-state index contributed by atoms with van der Waals surface area (Å²) < 4.78 is 0. The Balaban J connectivity index is 2.37. The molecule has 18 heavy (non-hydrogen) atoms. The van der Waals surface area contributed by atoms with Gasteiger partial charge in [0.05, 0.1) is 17.3 Å². The largest absolute Gasteiger partial charge is 0.366 e. The van der Waals surface area contributed by atoms with Crippen LogP contribution in [-0.2, 0) is 0 Å². The van der Waals surface area contributed by atoms with Gasteiger partial charge in [0, 0.05) is 16.9 Å². The fourth-order valence-corrected chi connectivity index (χ4v) is 2.81. The van der Waals surface area contributed by atoms with Crippen LogP contribution in [-0.4, -0.2) is 7.05 Å². The van der Waals surface area contributed by atoms with Crippen LogP contribution in [0.1, 0.15) is 23.4 Å². The first-order valence-electron chi connectivity index (χ1n) is 5.59. The molecule has 2 nitrogen and oxygen atoms in total. The standard InChI is InChI=1S/C14H13ClN2S/c1-10(14-4-3-7-18-14)17(2)13-8-12(15)6-5-11(13)9-16/h3-8,10H,1-2H3. The Bertz CT molecular complexity index is 572. The van der Waals surface area contributed by atoms with E-state index in [9.17, 15) is 0 Å². The van der Waals surface area contributed by atoms with Gasteiger partial charge in [-0.05, 0) is 36.6 Å². The Morgan fingerprint density at radius 3 is 2.78 bits per heavy atom. The second-order valence-corrected chi connectivity index (χ2v) is 5.49. The molecule has 1 aromatic carbocycles. The van der Waals surface area contributed by atoms with E-state index in [0.717, 1.165) is 5.69 Å². The molecule has 0 aliphatic heterocycles. The van der Waals surface area contributed by atoms with Crippen LogP contribution in [0.5, 0.6) is 0 Å². The smallest absolute Gasteiger partial charge is 0.101 e. The van der Waals surface area contributed by atoms with Crippen LogP contribution in [0.25, 0.3) is 0 Å². The lowest BCUT2D eigenvalue weighted by molar-refractivity contribution is 0.753. The summed E-state index contributed by atoms with van der Waals surface area (Å²) in [5, 5.41) is 11.9. The highest BCUT2D eigenvalue weighted by atomic mass is 35.5. The SMILES string of the molecule is CC(c1cccs1)N(C)c1cc(Cl)ccc1C#N. The summed E-state index contributed by atoms with van der Waals surface area (Å²) in [6.07, 6.45) is 0. The lowest BCUT2D eigenvalue weighted by Gasteiger charge is -2.27. The highest BCUT2D eigenvalue weighted by Gasteiger charge is 2.16. The van der Waals surface area contributed by atoms with Crippen LogP contribution in [0.3, 0.4) is 0 Å². The van der Waals surface area contributed by atoms with E-state index in [4.69, 9.17) is 16.9 Å². The molecule has 1 aromatic heterocycles. The van der Waals surface area contributed by atoms with E-state index in [1.807, 2.05) is 19.2 Å². The highest BCUT2D eigenvalue weighted by Crippen LogP contribution is 2.31. The number of hydrogen-bond donors (Lipinski definition) is 0. The number of hydrogen-bond acceptors (Lipinski definition) is 3. The van der Waals surface area contributed by atoms with E-state index in [2.05, 4.69) is 29.3 Å². The number of halogens is 1. The van der Waals surface area contributed by atoms with Crippen molar-refractivity contribution in [2.45, 2.75) is 13.0 Å². The average Bonchev–Trinajstić information content (AvgIpc) is 2.90. The topological polar surface area (TPSA) is 27.0 Å². The summed E-state index contributed by atoms with van der Waals surface area (Å²) >= 11 is 7.73. The lowest BCUT2D eigenvalue weighted by atomic mass is 10.1. The van der Waals surface area contributed by atoms with Gasteiger partial charge in [0.25, 0.3) is 0 Å². The van der Waals surface area contributed by atoms with Gasteiger partial charge in [0.15, 0.2) is 0 Å². The molecular formula is C14H13ClN2S. The molecule has 0 saturated heterocycles. The molecule has 1 heterocycles. The third-order valence-corrected chi connectivity index (χ3v) is 4.27. The van der Waals surface area contributed by atoms with E-state index in [1.165, 1.54) is 4.88 Å². The minimum Gasteiger partial charge on any atom is -0.366 e. The first-order chi connectivity index (χ1) is 8.63. The minimum absolute atomic E-state index is 0.218. The van der Waals surface area contributed by atoms with Crippen LogP contribution in [0, 0.1) is 11.3 Å². The van der Waals surface area contributed by atoms with Crippen molar-refractivity contribution in [1.29, 1.82) is 5.26 Å². The molecule has 0 radical (unpaired) electrons. The maximum atomic E-state index is 9.15. The molecule has 0 aliphatic rings. The van der Waals surface area contributed by atoms with Gasteiger partial charge in [-0.1, -0.05) is 17.7 Å². The maximum absolute atomic E-state index is 9.15. The second kappa shape index (κ2) is 5.43. The molecule has 4 heteroatoms. The Morgan fingerprint density at radius 1 is 1.39 bits per heavy atom. The average molecular weight is 277 g/mol. The zero-order valence-corrected chi connectivity index (χ0v) is 11.8. The Kier molecular flexibility index (Phi) is 3.90. The summed E-state index contributed by atoms with van der Waals surface area (Å²) in [6.45, 7) is 2.12. The van der Waals surface area contributed by atoms with Gasteiger partial charge in [-0.3, -0.25) is 0 Å². The first-order valence-corrected chi connectivity index (χ1v) is 6.85. The molecule has 2 rings (SSSR count). The van der Waals surface area contributed by atoms with Gasteiger partial charge in [-0.15, -0.1) is 11.3 Å². The number of nitriles is 1. The number of nitrogens with zero attached hydrogens (tertiary/aromatic N) is 2. The molecule has 2 aromatic rings. The molecule has 1 atom stereocenters. The van der Waals surface area contributed by atoms with E-state index >= 15 is 0 Å². The normalized spacial score (nSPS) is 11.9. The zero-order chi connectivity index (χ0) is 13.1. The molecule has 0 bridgehead atoms. The molecule has 0 fully saturated rings. The van der Waals surface area contributed by atoms with Gasteiger partial charge < -0.3 is 4.90 Å². The Morgan fingerprint density at radius 2 is 2.17 bits per heavy atom. The van der Waals surface area contributed by atoms with E-state index in [1.54, 1.807) is 23.5 Å². The predicted molar refractivity (Wildman–Crippen MR) is 77.3 cm³/mol.